The van der Waals surface area contributed by atoms with Gasteiger partial charge in [-0.1, -0.05) is 58.4 Å². The van der Waals surface area contributed by atoms with E-state index in [-0.39, 0.29) is 29.4 Å². The summed E-state index contributed by atoms with van der Waals surface area (Å²) >= 11 is 0. The number of nitrogens with two attached hydrogens (primary N) is 1. The molecule has 2 aromatic rings. The van der Waals surface area contributed by atoms with Gasteiger partial charge in [0.05, 0.1) is 0 Å². The quantitative estimate of drug-likeness (QED) is 0.682. The zero-order valence-corrected chi connectivity index (χ0v) is 18.5. The molecule has 162 valence electrons. The van der Waals surface area contributed by atoms with Crippen LogP contribution in [-0.4, -0.2) is 22.0 Å². The van der Waals surface area contributed by atoms with E-state index in [1.165, 1.54) is 21.1 Å². The van der Waals surface area contributed by atoms with Crippen LogP contribution < -0.4 is 21.9 Å². The molecule has 1 amide bonds. The number of hydrogen-bond acceptors (Lipinski definition) is 4. The first-order valence-corrected chi connectivity index (χ1v) is 10.3. The summed E-state index contributed by atoms with van der Waals surface area (Å²) in [6.07, 6.45) is 4.72. The molecule has 1 heterocycles. The van der Waals surface area contributed by atoms with E-state index < -0.39 is 11.2 Å². The number of nitrogens with one attached hydrogen (secondary N) is 1. The predicted octanol–water partition coefficient (Wildman–Crippen LogP) is 3.28. The number of aromatic nitrogens is 2. The van der Waals surface area contributed by atoms with Crippen molar-refractivity contribution >= 4 is 23.5 Å². The smallest absolute Gasteiger partial charge is 0.330 e. The number of carbonyl (C=O) groups excluding carboxylic acids is 1. The second-order valence-corrected chi connectivity index (χ2v) is 8.29. The van der Waals surface area contributed by atoms with Gasteiger partial charge in [0.25, 0.3) is 11.5 Å². The second kappa shape index (κ2) is 9.61. The summed E-state index contributed by atoms with van der Waals surface area (Å²) in [7, 11) is 0. The molecule has 0 radical (unpaired) electrons. The number of aromatic amines is 1. The Morgan fingerprint density at radius 2 is 1.80 bits per heavy atom. The van der Waals surface area contributed by atoms with Crippen molar-refractivity contribution in [2.75, 3.05) is 17.2 Å². The second-order valence-electron chi connectivity index (χ2n) is 8.29. The normalized spacial score (nSPS) is 11.8. The molecule has 3 N–H and O–H groups in total. The highest BCUT2D eigenvalue weighted by molar-refractivity contribution is 6.05. The van der Waals surface area contributed by atoms with Crippen LogP contribution in [-0.2, 0) is 16.8 Å². The molecule has 0 bridgehead atoms. The molecule has 7 nitrogen and oxygen atoms in total. The number of anilines is 2. The third-order valence-corrected chi connectivity index (χ3v) is 5.00. The summed E-state index contributed by atoms with van der Waals surface area (Å²) in [5.74, 6) is -0.370. The van der Waals surface area contributed by atoms with Crippen LogP contribution in [0.15, 0.2) is 39.9 Å². The van der Waals surface area contributed by atoms with E-state index in [1.54, 1.807) is 13.0 Å². The fourth-order valence-corrected chi connectivity index (χ4v) is 3.15. The lowest BCUT2D eigenvalue weighted by molar-refractivity contribution is -0.114. The average molecular weight is 413 g/mol. The number of rotatable bonds is 7. The van der Waals surface area contributed by atoms with Gasteiger partial charge in [0.1, 0.15) is 5.82 Å². The Balaban J connectivity index is 2.33. The van der Waals surface area contributed by atoms with Crippen LogP contribution in [0.2, 0.25) is 0 Å². The first kappa shape index (κ1) is 23.2. The van der Waals surface area contributed by atoms with Crippen molar-refractivity contribution in [3.8, 4) is 0 Å². The molecule has 30 heavy (non-hydrogen) atoms. The standard InChI is InChI=1S/C23H32N4O3/c1-6-8-15-27-20(24)19(21(29)25-22(27)30)26(7-2)18(28)14-11-16-9-12-17(13-10-16)23(3,4)5/h9-14H,6-8,15,24H2,1-5H3,(H,25,29,30)/b14-11+. The Kier molecular flexibility index (Phi) is 7.43. The molecule has 1 aromatic carbocycles. The number of unbranched alkanes of at least 4 members (excludes halogenated alkanes) is 1. The van der Waals surface area contributed by atoms with E-state index in [1.807, 2.05) is 31.2 Å². The molecule has 0 unspecified atom stereocenters. The molecule has 7 heteroatoms. The molecule has 0 aliphatic carbocycles. The molecule has 0 saturated carbocycles. The first-order chi connectivity index (χ1) is 14.1. The molecule has 0 saturated heterocycles. The van der Waals surface area contributed by atoms with E-state index in [4.69, 9.17) is 5.73 Å². The van der Waals surface area contributed by atoms with E-state index in [0.717, 1.165) is 18.4 Å². The maximum absolute atomic E-state index is 12.8. The number of benzene rings is 1. The molecule has 0 aliphatic rings. The topological polar surface area (TPSA) is 101 Å². The Morgan fingerprint density at radius 1 is 1.17 bits per heavy atom. The fourth-order valence-electron chi connectivity index (χ4n) is 3.15. The minimum Gasteiger partial charge on any atom is -0.383 e. The Labute approximate surface area is 177 Å². The van der Waals surface area contributed by atoms with Crippen LogP contribution in [0, 0.1) is 0 Å². The molecular formula is C23H32N4O3. The Bertz CT molecular complexity index is 1020. The van der Waals surface area contributed by atoms with Crippen molar-refractivity contribution in [1.82, 2.24) is 9.55 Å². The Hall–Kier alpha value is -3.09. The van der Waals surface area contributed by atoms with Crippen LogP contribution in [0.3, 0.4) is 0 Å². The van der Waals surface area contributed by atoms with Gasteiger partial charge in [0, 0.05) is 19.2 Å². The largest absolute Gasteiger partial charge is 0.383 e. The maximum atomic E-state index is 12.8. The summed E-state index contributed by atoms with van der Waals surface area (Å²) in [6, 6.07) is 7.97. The highest BCUT2D eigenvalue weighted by Crippen LogP contribution is 2.23. The van der Waals surface area contributed by atoms with Crippen LogP contribution in [0.1, 0.15) is 58.6 Å². The predicted molar refractivity (Wildman–Crippen MR) is 123 cm³/mol. The van der Waals surface area contributed by atoms with Gasteiger partial charge in [-0.15, -0.1) is 0 Å². The first-order valence-electron chi connectivity index (χ1n) is 10.3. The molecule has 0 spiro atoms. The lowest BCUT2D eigenvalue weighted by atomic mass is 9.87. The fraction of sp³-hybridized carbons (Fsp3) is 0.435. The number of nitrogen functional groups attached to an aromatic ring is 1. The monoisotopic (exact) mass is 412 g/mol. The number of carbonyl (C=O) groups is 1. The summed E-state index contributed by atoms with van der Waals surface area (Å²) in [5.41, 5.74) is 7.04. The van der Waals surface area contributed by atoms with Crippen molar-refractivity contribution in [1.29, 1.82) is 0 Å². The van der Waals surface area contributed by atoms with Crippen LogP contribution in [0.5, 0.6) is 0 Å². The molecule has 0 atom stereocenters. The van der Waals surface area contributed by atoms with E-state index in [0.29, 0.717) is 6.54 Å². The highest BCUT2D eigenvalue weighted by Gasteiger charge is 2.21. The zero-order valence-electron chi connectivity index (χ0n) is 18.5. The van der Waals surface area contributed by atoms with Crippen molar-refractivity contribution in [2.45, 2.75) is 59.4 Å². The van der Waals surface area contributed by atoms with Crippen LogP contribution in [0.4, 0.5) is 11.5 Å². The number of nitrogens with zero attached hydrogens (tertiary/aromatic N) is 2. The third kappa shape index (κ3) is 5.28. The van der Waals surface area contributed by atoms with Gasteiger partial charge in [-0.05, 0) is 36.0 Å². The zero-order chi connectivity index (χ0) is 22.5. The lowest BCUT2D eigenvalue weighted by Crippen LogP contribution is -2.40. The van der Waals surface area contributed by atoms with Gasteiger partial charge in [-0.25, -0.2) is 4.79 Å². The number of hydrogen-bond donors (Lipinski definition) is 2. The average Bonchev–Trinajstić information content (AvgIpc) is 2.68. The van der Waals surface area contributed by atoms with E-state index >= 15 is 0 Å². The number of amides is 1. The lowest BCUT2D eigenvalue weighted by Gasteiger charge is -2.22. The summed E-state index contributed by atoms with van der Waals surface area (Å²) in [5, 5.41) is 0. The van der Waals surface area contributed by atoms with Crippen LogP contribution >= 0.6 is 0 Å². The summed E-state index contributed by atoms with van der Waals surface area (Å²) in [6.45, 7) is 10.8. The molecule has 0 fully saturated rings. The van der Waals surface area contributed by atoms with Crippen molar-refractivity contribution in [3.05, 3.63) is 62.3 Å². The number of H-pyrrole nitrogens is 1. The van der Waals surface area contributed by atoms with Gasteiger partial charge in [0.15, 0.2) is 5.69 Å². The van der Waals surface area contributed by atoms with Crippen molar-refractivity contribution in [3.63, 3.8) is 0 Å². The molecule has 1 aromatic heterocycles. The minimum absolute atomic E-state index is 0.00549. The van der Waals surface area contributed by atoms with Crippen LogP contribution in [0.25, 0.3) is 6.08 Å². The summed E-state index contributed by atoms with van der Waals surface area (Å²) < 4.78 is 1.31. The van der Waals surface area contributed by atoms with Crippen molar-refractivity contribution < 1.29 is 4.79 Å². The number of likely N-dealkylation sites (N-methyl/N-ethyl adjacent to an activating group) is 1. The van der Waals surface area contributed by atoms with E-state index in [9.17, 15) is 14.4 Å². The minimum atomic E-state index is -0.664. The third-order valence-electron chi connectivity index (χ3n) is 5.00. The van der Waals surface area contributed by atoms with Gasteiger partial charge in [0.2, 0.25) is 0 Å². The molecular weight excluding hydrogens is 380 g/mol. The Morgan fingerprint density at radius 3 is 2.33 bits per heavy atom. The molecule has 0 aliphatic heterocycles. The van der Waals surface area contributed by atoms with Gasteiger partial charge in [-0.2, -0.15) is 0 Å². The SMILES string of the molecule is CCCCn1c(N)c(N(CC)C(=O)/C=C/c2ccc(C(C)(C)C)cc2)c(=O)[nH]c1=O. The van der Waals surface area contributed by atoms with Gasteiger partial charge < -0.3 is 10.6 Å². The maximum Gasteiger partial charge on any atom is 0.330 e. The highest BCUT2D eigenvalue weighted by atomic mass is 16.2. The van der Waals surface area contributed by atoms with Crippen molar-refractivity contribution in [2.24, 2.45) is 0 Å². The van der Waals surface area contributed by atoms with Gasteiger partial charge in [-0.3, -0.25) is 19.1 Å². The van der Waals surface area contributed by atoms with Gasteiger partial charge >= 0.3 is 5.69 Å². The molecule has 2 rings (SSSR count). The summed E-state index contributed by atoms with van der Waals surface area (Å²) in [4.78, 5) is 40.9. The van der Waals surface area contributed by atoms with E-state index in [2.05, 4.69) is 25.8 Å².